The van der Waals surface area contributed by atoms with Gasteiger partial charge in [-0.25, -0.2) is 9.78 Å². The zero-order valence-corrected chi connectivity index (χ0v) is 24.9. The number of aromatic amines is 1. The van der Waals surface area contributed by atoms with E-state index in [0.29, 0.717) is 18.7 Å². The quantitative estimate of drug-likeness (QED) is 0.234. The molecule has 8 nitrogen and oxygen atoms in total. The Hall–Kier alpha value is -3.79. The third kappa shape index (κ3) is 4.77. The van der Waals surface area contributed by atoms with E-state index < -0.39 is 0 Å². The Morgan fingerprint density at radius 1 is 1.02 bits per heavy atom. The lowest BCUT2D eigenvalue weighted by Gasteiger charge is -2.36. The first-order valence-corrected chi connectivity index (χ1v) is 14.9. The van der Waals surface area contributed by atoms with Gasteiger partial charge in [-0.3, -0.25) is 0 Å². The van der Waals surface area contributed by atoms with Crippen molar-refractivity contribution < 1.29 is 14.3 Å². The number of imidazole rings is 1. The minimum absolute atomic E-state index is 0.170. The summed E-state index contributed by atoms with van der Waals surface area (Å²) >= 11 is 2.28. The smallest absolute Gasteiger partial charge is 0.231 e. The van der Waals surface area contributed by atoms with Gasteiger partial charge in [-0.2, -0.15) is 0 Å². The lowest BCUT2D eigenvalue weighted by atomic mass is 9.97. The Labute approximate surface area is 252 Å². The highest BCUT2D eigenvalue weighted by Crippen LogP contribution is 2.44. The van der Waals surface area contributed by atoms with Crippen molar-refractivity contribution in [2.24, 2.45) is 0 Å². The zero-order valence-electron chi connectivity index (χ0n) is 22.8. The molecule has 1 saturated heterocycles. The van der Waals surface area contributed by atoms with Crippen LogP contribution in [0.2, 0.25) is 0 Å². The van der Waals surface area contributed by atoms with E-state index in [0.717, 1.165) is 69.5 Å². The van der Waals surface area contributed by atoms with Gasteiger partial charge in [0.2, 0.25) is 6.79 Å². The fourth-order valence-corrected chi connectivity index (χ4v) is 6.88. The second-order valence-electron chi connectivity index (χ2n) is 10.7. The maximum atomic E-state index is 13.0. The third-order valence-corrected chi connectivity index (χ3v) is 9.21. The predicted octanol–water partition coefficient (Wildman–Crippen LogP) is 4.87. The Morgan fingerprint density at radius 2 is 1.83 bits per heavy atom. The number of nitrogens with one attached hydrogen (secondary N) is 1. The fourth-order valence-electron chi connectivity index (χ4n) is 6.23. The first kappa shape index (κ1) is 26.1. The molecule has 3 aliphatic heterocycles. The van der Waals surface area contributed by atoms with Crippen LogP contribution in [0.15, 0.2) is 78.4 Å². The standard InChI is InChI=1S/C32H30IN5O3/c1-36-11-13-37(14-12-36)31-25(24-8-4-6-22-5-2-3-7-23(22)24)17-38(27(31)18-39)26(30-32(33)35-19-34-30)15-21-9-10-28-29(16-21)41-20-40-28/h2-10,16,19,26H,11-15,17,20H2,1H3,(H,34,35). The molecule has 208 valence electrons. The normalized spacial score (nSPS) is 18.0. The molecule has 0 spiro atoms. The molecule has 1 atom stereocenters. The average molecular weight is 660 g/mol. The van der Waals surface area contributed by atoms with Gasteiger partial charge < -0.3 is 29.2 Å². The van der Waals surface area contributed by atoms with Crippen LogP contribution < -0.4 is 9.47 Å². The molecule has 1 fully saturated rings. The van der Waals surface area contributed by atoms with E-state index in [9.17, 15) is 4.79 Å². The van der Waals surface area contributed by atoms with Crippen molar-refractivity contribution in [2.45, 2.75) is 12.5 Å². The highest BCUT2D eigenvalue weighted by Gasteiger charge is 2.39. The number of ether oxygens (including phenoxy) is 2. The summed E-state index contributed by atoms with van der Waals surface area (Å²) in [7, 11) is 2.15. The SMILES string of the molecule is CN1CCN(C2=C(c3cccc4ccccc34)CN(C(Cc3ccc4c(c3)OCO4)c3[nH]cnc3I)C2=C=O)CC1. The largest absolute Gasteiger partial charge is 0.454 e. The Kier molecular flexibility index (Phi) is 6.94. The molecule has 1 aromatic heterocycles. The van der Waals surface area contributed by atoms with Crippen LogP contribution in [0.3, 0.4) is 0 Å². The average Bonchev–Trinajstić information content (AvgIpc) is 3.74. The summed E-state index contributed by atoms with van der Waals surface area (Å²) in [5.41, 5.74) is 5.99. The topological polar surface area (TPSA) is 73.9 Å². The van der Waals surface area contributed by atoms with Crippen LogP contribution in [0.25, 0.3) is 16.3 Å². The number of likely N-dealkylation sites (N-methyl/N-ethyl adjacent to an activating group) is 1. The number of H-pyrrole nitrogens is 1. The molecular weight excluding hydrogens is 629 g/mol. The van der Waals surface area contributed by atoms with Gasteiger partial charge in [0.15, 0.2) is 17.4 Å². The molecule has 7 rings (SSSR count). The van der Waals surface area contributed by atoms with E-state index in [-0.39, 0.29) is 12.8 Å². The first-order chi connectivity index (χ1) is 20.1. The van der Waals surface area contributed by atoms with E-state index in [2.05, 4.69) is 109 Å². The molecule has 3 aliphatic rings. The number of carbonyl (C=O) groups excluding carboxylic acids is 1. The van der Waals surface area contributed by atoms with Crippen molar-refractivity contribution in [3.63, 3.8) is 0 Å². The molecule has 0 radical (unpaired) electrons. The number of hydrogen-bond acceptors (Lipinski definition) is 7. The molecule has 0 amide bonds. The molecule has 1 unspecified atom stereocenters. The van der Waals surface area contributed by atoms with Crippen molar-refractivity contribution >= 4 is 44.9 Å². The molecule has 41 heavy (non-hydrogen) atoms. The van der Waals surface area contributed by atoms with Crippen LogP contribution in [0.5, 0.6) is 11.5 Å². The van der Waals surface area contributed by atoms with E-state index in [4.69, 9.17) is 9.47 Å². The van der Waals surface area contributed by atoms with Crippen LogP contribution in [0, 0.1) is 3.70 Å². The molecule has 4 aromatic rings. The third-order valence-electron chi connectivity index (χ3n) is 8.35. The van der Waals surface area contributed by atoms with Crippen molar-refractivity contribution in [3.8, 4) is 11.5 Å². The molecule has 1 N–H and O–H groups in total. The number of rotatable bonds is 6. The van der Waals surface area contributed by atoms with Crippen LogP contribution >= 0.6 is 22.6 Å². The van der Waals surface area contributed by atoms with Crippen LogP contribution in [0.4, 0.5) is 0 Å². The number of hydrogen-bond donors (Lipinski definition) is 1. The fraction of sp³-hybridized carbons (Fsp3) is 0.281. The lowest BCUT2D eigenvalue weighted by molar-refractivity contribution is 0.174. The highest BCUT2D eigenvalue weighted by atomic mass is 127. The molecule has 3 aromatic carbocycles. The summed E-state index contributed by atoms with van der Waals surface area (Å²) in [4.78, 5) is 27.8. The summed E-state index contributed by atoms with van der Waals surface area (Å²) in [6.45, 7) is 4.41. The number of benzene rings is 3. The van der Waals surface area contributed by atoms with Crippen molar-refractivity contribution in [3.05, 3.63) is 98.9 Å². The molecular formula is C32H30IN5O3. The Morgan fingerprint density at radius 3 is 2.63 bits per heavy atom. The number of nitrogens with zero attached hydrogens (tertiary/aromatic N) is 4. The minimum atomic E-state index is -0.170. The van der Waals surface area contributed by atoms with E-state index >= 15 is 0 Å². The number of fused-ring (bicyclic) bond motifs is 2. The van der Waals surface area contributed by atoms with Gasteiger partial charge in [0.25, 0.3) is 0 Å². The van der Waals surface area contributed by atoms with Gasteiger partial charge in [-0.15, -0.1) is 0 Å². The zero-order chi connectivity index (χ0) is 27.9. The summed E-state index contributed by atoms with van der Waals surface area (Å²) in [6, 6.07) is 20.8. The first-order valence-electron chi connectivity index (χ1n) is 13.8. The summed E-state index contributed by atoms with van der Waals surface area (Å²) < 4.78 is 12.1. The van der Waals surface area contributed by atoms with Gasteiger partial charge >= 0.3 is 0 Å². The Bertz CT molecular complexity index is 1700. The molecule has 4 heterocycles. The number of aromatic nitrogens is 2. The summed E-state index contributed by atoms with van der Waals surface area (Å²) in [6.07, 6.45) is 2.38. The van der Waals surface area contributed by atoms with Crippen molar-refractivity contribution in [2.75, 3.05) is 46.6 Å². The number of piperazine rings is 1. The molecule has 9 heteroatoms. The Balaban J connectivity index is 1.35. The van der Waals surface area contributed by atoms with Crippen molar-refractivity contribution in [1.29, 1.82) is 0 Å². The second-order valence-corrected chi connectivity index (χ2v) is 11.8. The predicted molar refractivity (Wildman–Crippen MR) is 166 cm³/mol. The highest BCUT2D eigenvalue weighted by molar-refractivity contribution is 14.1. The molecule has 0 saturated carbocycles. The second kappa shape index (κ2) is 10.9. The minimum Gasteiger partial charge on any atom is -0.454 e. The van der Waals surface area contributed by atoms with Gasteiger partial charge in [0.1, 0.15) is 9.40 Å². The van der Waals surface area contributed by atoms with E-state index in [1.54, 1.807) is 6.33 Å². The lowest BCUT2D eigenvalue weighted by Crippen LogP contribution is -2.44. The van der Waals surface area contributed by atoms with Crippen molar-refractivity contribution in [1.82, 2.24) is 24.7 Å². The maximum Gasteiger partial charge on any atom is 0.231 e. The summed E-state index contributed by atoms with van der Waals surface area (Å²) in [5, 5.41) is 2.37. The van der Waals surface area contributed by atoms with E-state index in [1.807, 2.05) is 12.1 Å². The van der Waals surface area contributed by atoms with Crippen LogP contribution in [0.1, 0.15) is 22.9 Å². The van der Waals surface area contributed by atoms with Gasteiger partial charge in [0, 0.05) is 38.3 Å². The van der Waals surface area contributed by atoms with Gasteiger partial charge in [0.05, 0.1) is 23.8 Å². The van der Waals surface area contributed by atoms with Crippen LogP contribution in [-0.4, -0.2) is 77.2 Å². The monoisotopic (exact) mass is 659 g/mol. The van der Waals surface area contributed by atoms with E-state index in [1.165, 1.54) is 10.8 Å². The summed E-state index contributed by atoms with van der Waals surface area (Å²) in [5.74, 6) is 3.92. The maximum absolute atomic E-state index is 13.0. The van der Waals surface area contributed by atoms with Gasteiger partial charge in [-0.1, -0.05) is 48.5 Å². The molecule has 0 bridgehead atoms. The molecule has 0 aliphatic carbocycles. The van der Waals surface area contributed by atoms with Crippen LogP contribution in [-0.2, 0) is 11.2 Å². The van der Waals surface area contributed by atoms with Gasteiger partial charge in [-0.05, 0) is 70.1 Å². The number of halogens is 1.